The van der Waals surface area contributed by atoms with Crippen molar-refractivity contribution in [3.05, 3.63) is 24.3 Å². The van der Waals surface area contributed by atoms with Crippen LogP contribution in [0.4, 0.5) is 0 Å². The third-order valence-corrected chi connectivity index (χ3v) is 2.07. The van der Waals surface area contributed by atoms with Crippen molar-refractivity contribution in [2.75, 3.05) is 14.2 Å². The summed E-state index contributed by atoms with van der Waals surface area (Å²) in [6.45, 7) is 8.93. The van der Waals surface area contributed by atoms with Crippen molar-refractivity contribution in [2.45, 2.75) is 13.3 Å². The van der Waals surface area contributed by atoms with Crippen molar-refractivity contribution in [2.24, 2.45) is 5.92 Å². The molecule has 0 spiro atoms. The van der Waals surface area contributed by atoms with Gasteiger partial charge in [-0.3, -0.25) is 0 Å². The Bertz CT molecular complexity index is 291. The van der Waals surface area contributed by atoms with Crippen LogP contribution in [0.15, 0.2) is 24.3 Å². The first-order valence-electron chi connectivity index (χ1n) is 4.47. The van der Waals surface area contributed by atoms with Gasteiger partial charge in [-0.15, -0.1) is 0 Å². The highest BCUT2D eigenvalue weighted by atomic mass is 16.5. The fraction of sp³-hybridized carbons (Fsp3) is 0.455. The maximum Gasteiger partial charge on any atom is 0.333 e. The van der Waals surface area contributed by atoms with Gasteiger partial charge in [-0.1, -0.05) is 20.1 Å². The van der Waals surface area contributed by atoms with Crippen LogP contribution in [0, 0.1) is 5.92 Å². The Labute approximate surface area is 89.6 Å². The van der Waals surface area contributed by atoms with Gasteiger partial charge in [-0.05, 0) is 12.3 Å². The molecule has 0 aromatic rings. The Morgan fingerprint density at radius 2 is 1.60 bits per heavy atom. The molecule has 0 heterocycles. The number of ether oxygens (including phenoxy) is 2. The molecule has 4 nitrogen and oxygen atoms in total. The molecule has 4 heteroatoms. The van der Waals surface area contributed by atoms with Crippen LogP contribution in [0.25, 0.3) is 0 Å². The molecular formula is C11H16O4. The zero-order chi connectivity index (χ0) is 12.0. The zero-order valence-corrected chi connectivity index (χ0v) is 9.33. The first-order valence-corrected chi connectivity index (χ1v) is 4.47. The minimum absolute atomic E-state index is 0.191. The SMILES string of the molecule is C=C(CC(C)C(=C)C(=O)OC)C(=O)OC. The Kier molecular flexibility index (Phi) is 5.37. The van der Waals surface area contributed by atoms with Crippen LogP contribution in [0.3, 0.4) is 0 Å². The number of hydrogen-bond acceptors (Lipinski definition) is 4. The molecule has 0 radical (unpaired) electrons. The Morgan fingerprint density at radius 1 is 1.13 bits per heavy atom. The summed E-state index contributed by atoms with van der Waals surface area (Å²) in [5, 5.41) is 0. The lowest BCUT2D eigenvalue weighted by Gasteiger charge is -2.13. The Balaban J connectivity index is 4.31. The largest absolute Gasteiger partial charge is 0.466 e. The van der Waals surface area contributed by atoms with Gasteiger partial charge in [0, 0.05) is 11.1 Å². The molecule has 0 aliphatic carbocycles. The zero-order valence-electron chi connectivity index (χ0n) is 9.33. The average Bonchev–Trinajstić information content (AvgIpc) is 2.25. The molecule has 0 aliphatic heterocycles. The lowest BCUT2D eigenvalue weighted by molar-refractivity contribution is -0.138. The molecule has 0 N–H and O–H groups in total. The number of carbonyl (C=O) groups is 2. The molecule has 0 rings (SSSR count). The van der Waals surface area contributed by atoms with E-state index in [1.807, 2.05) is 0 Å². The lowest BCUT2D eigenvalue weighted by atomic mass is 9.95. The fourth-order valence-electron chi connectivity index (χ4n) is 1.05. The highest BCUT2D eigenvalue weighted by molar-refractivity contribution is 5.90. The van der Waals surface area contributed by atoms with Crippen molar-refractivity contribution in [3.8, 4) is 0 Å². The topological polar surface area (TPSA) is 52.6 Å². The van der Waals surface area contributed by atoms with Crippen LogP contribution >= 0.6 is 0 Å². The van der Waals surface area contributed by atoms with Crippen molar-refractivity contribution in [1.29, 1.82) is 0 Å². The van der Waals surface area contributed by atoms with Crippen LogP contribution in [-0.4, -0.2) is 26.2 Å². The van der Waals surface area contributed by atoms with Crippen LogP contribution in [0.1, 0.15) is 13.3 Å². The summed E-state index contributed by atoms with van der Waals surface area (Å²) < 4.78 is 9.01. The van der Waals surface area contributed by atoms with Crippen molar-refractivity contribution < 1.29 is 19.1 Å². The van der Waals surface area contributed by atoms with E-state index in [2.05, 4.69) is 22.6 Å². The van der Waals surface area contributed by atoms with Gasteiger partial charge in [0.25, 0.3) is 0 Å². The third kappa shape index (κ3) is 3.97. The summed E-state index contributed by atoms with van der Waals surface area (Å²) in [7, 11) is 2.57. The molecule has 0 saturated heterocycles. The summed E-state index contributed by atoms with van der Waals surface area (Å²) >= 11 is 0. The van der Waals surface area contributed by atoms with E-state index >= 15 is 0 Å². The maximum atomic E-state index is 11.1. The van der Waals surface area contributed by atoms with E-state index in [1.54, 1.807) is 6.92 Å². The third-order valence-electron chi connectivity index (χ3n) is 2.07. The molecule has 0 aromatic carbocycles. The highest BCUT2D eigenvalue weighted by Crippen LogP contribution is 2.18. The van der Waals surface area contributed by atoms with Crippen molar-refractivity contribution in [3.63, 3.8) is 0 Å². The molecule has 0 bridgehead atoms. The number of hydrogen-bond donors (Lipinski definition) is 0. The van der Waals surface area contributed by atoms with Gasteiger partial charge in [0.2, 0.25) is 0 Å². The number of carbonyl (C=O) groups excluding carboxylic acids is 2. The summed E-state index contributed by atoms with van der Waals surface area (Å²) in [5.74, 6) is -1.14. The monoisotopic (exact) mass is 212 g/mol. The summed E-state index contributed by atoms with van der Waals surface area (Å²) in [5.41, 5.74) is 0.637. The second-order valence-electron chi connectivity index (χ2n) is 3.22. The maximum absolute atomic E-state index is 11.1. The van der Waals surface area contributed by atoms with E-state index < -0.39 is 11.9 Å². The number of methoxy groups -OCH3 is 2. The van der Waals surface area contributed by atoms with Crippen molar-refractivity contribution in [1.82, 2.24) is 0 Å². The Hall–Kier alpha value is -1.58. The lowest BCUT2D eigenvalue weighted by Crippen LogP contribution is -2.14. The van der Waals surface area contributed by atoms with Gasteiger partial charge in [0.15, 0.2) is 0 Å². The standard InChI is InChI=1S/C11H16O4/c1-7(9(3)11(13)15-5)6-8(2)10(12)14-4/h7H,2-3,6H2,1,4-5H3. The second-order valence-corrected chi connectivity index (χ2v) is 3.22. The van der Waals surface area contributed by atoms with E-state index in [4.69, 9.17) is 0 Å². The number of esters is 2. The first kappa shape index (κ1) is 13.4. The van der Waals surface area contributed by atoms with Crippen LogP contribution in [0.2, 0.25) is 0 Å². The molecule has 84 valence electrons. The van der Waals surface area contributed by atoms with Gasteiger partial charge in [0.05, 0.1) is 14.2 Å². The van der Waals surface area contributed by atoms with Gasteiger partial charge >= 0.3 is 11.9 Å². The summed E-state index contributed by atoms with van der Waals surface area (Å²) in [4.78, 5) is 22.1. The predicted octanol–water partition coefficient (Wildman–Crippen LogP) is 1.47. The van der Waals surface area contributed by atoms with Crippen LogP contribution < -0.4 is 0 Å². The summed E-state index contributed by atoms with van der Waals surface area (Å²) in [6, 6.07) is 0. The molecule has 0 fully saturated rings. The predicted molar refractivity (Wildman–Crippen MR) is 56.1 cm³/mol. The molecular weight excluding hydrogens is 196 g/mol. The molecule has 0 saturated carbocycles. The number of rotatable bonds is 5. The molecule has 1 atom stereocenters. The first-order chi connectivity index (χ1) is 6.93. The average molecular weight is 212 g/mol. The van der Waals surface area contributed by atoms with E-state index in [9.17, 15) is 9.59 Å². The van der Waals surface area contributed by atoms with Gasteiger partial charge in [-0.2, -0.15) is 0 Å². The molecule has 1 unspecified atom stereocenters. The van der Waals surface area contributed by atoms with E-state index in [-0.39, 0.29) is 5.92 Å². The quantitative estimate of drug-likeness (QED) is 0.511. The van der Waals surface area contributed by atoms with Crippen LogP contribution in [-0.2, 0) is 19.1 Å². The minimum atomic E-state index is -0.473. The van der Waals surface area contributed by atoms with Gasteiger partial charge < -0.3 is 9.47 Å². The fourth-order valence-corrected chi connectivity index (χ4v) is 1.05. The highest BCUT2D eigenvalue weighted by Gasteiger charge is 2.18. The Morgan fingerprint density at radius 3 is 2.00 bits per heavy atom. The molecule has 0 aliphatic rings. The molecule has 15 heavy (non-hydrogen) atoms. The van der Waals surface area contributed by atoms with E-state index in [1.165, 1.54) is 14.2 Å². The minimum Gasteiger partial charge on any atom is -0.466 e. The second kappa shape index (κ2) is 6.01. The van der Waals surface area contributed by atoms with Gasteiger partial charge in [-0.25, -0.2) is 9.59 Å². The van der Waals surface area contributed by atoms with Crippen molar-refractivity contribution >= 4 is 11.9 Å². The molecule has 0 aromatic heterocycles. The summed E-state index contributed by atoms with van der Waals surface area (Å²) in [6.07, 6.45) is 0.334. The van der Waals surface area contributed by atoms with Crippen LogP contribution in [0.5, 0.6) is 0 Å². The molecule has 0 amide bonds. The van der Waals surface area contributed by atoms with Gasteiger partial charge in [0.1, 0.15) is 0 Å². The normalized spacial score (nSPS) is 11.4. The van der Waals surface area contributed by atoms with E-state index in [0.717, 1.165) is 0 Å². The van der Waals surface area contributed by atoms with E-state index in [0.29, 0.717) is 17.6 Å². The smallest absolute Gasteiger partial charge is 0.333 e.